The highest BCUT2D eigenvalue weighted by Crippen LogP contribution is 2.20. The van der Waals surface area contributed by atoms with Crippen LogP contribution in [0.5, 0.6) is 0 Å². The molecule has 1 saturated heterocycles. The van der Waals surface area contributed by atoms with E-state index in [4.69, 9.17) is 4.74 Å². The van der Waals surface area contributed by atoms with Crippen LogP contribution in [0.25, 0.3) is 0 Å². The van der Waals surface area contributed by atoms with Crippen molar-refractivity contribution in [3.8, 4) is 0 Å². The lowest BCUT2D eigenvalue weighted by molar-refractivity contribution is -0.0192. The van der Waals surface area contributed by atoms with Crippen LogP contribution in [0.4, 0.5) is 11.6 Å². The molecule has 1 aliphatic rings. The van der Waals surface area contributed by atoms with E-state index in [1.165, 1.54) is 0 Å². The Morgan fingerprint density at radius 1 is 1.35 bits per heavy atom. The molecule has 1 aromatic heterocycles. The Labute approximate surface area is 120 Å². The number of aromatic nitrogens is 2. The predicted octanol–water partition coefficient (Wildman–Crippen LogP) is 1.21. The molecule has 1 aliphatic heterocycles. The maximum Gasteiger partial charge on any atom is 0.134 e. The number of rotatable bonds is 6. The minimum Gasteiger partial charge on any atom is -0.374 e. The zero-order valence-electron chi connectivity index (χ0n) is 12.6. The van der Waals surface area contributed by atoms with Gasteiger partial charge in [-0.05, 0) is 13.0 Å². The summed E-state index contributed by atoms with van der Waals surface area (Å²) in [7, 11) is 1.88. The molecule has 0 saturated carbocycles. The summed E-state index contributed by atoms with van der Waals surface area (Å²) < 4.78 is 5.80. The molecule has 20 heavy (non-hydrogen) atoms. The Bertz CT molecular complexity index is 426. The first-order chi connectivity index (χ1) is 9.78. The van der Waals surface area contributed by atoms with Gasteiger partial charge >= 0.3 is 0 Å². The first-order valence-corrected chi connectivity index (χ1v) is 7.37. The molecule has 2 heterocycles. The van der Waals surface area contributed by atoms with Gasteiger partial charge in [-0.15, -0.1) is 0 Å². The summed E-state index contributed by atoms with van der Waals surface area (Å²) in [4.78, 5) is 11.0. The van der Waals surface area contributed by atoms with Crippen molar-refractivity contribution in [2.24, 2.45) is 0 Å². The number of hydrogen-bond acceptors (Lipinski definition) is 6. The van der Waals surface area contributed by atoms with Crippen LogP contribution < -0.4 is 10.6 Å². The number of nitrogens with one attached hydrogen (secondary N) is 2. The number of nitrogens with zero attached hydrogens (tertiary/aromatic N) is 3. The number of ether oxygens (including phenoxy) is 1. The molecule has 0 bridgehead atoms. The van der Waals surface area contributed by atoms with E-state index in [1.807, 2.05) is 7.05 Å². The van der Waals surface area contributed by atoms with E-state index in [2.05, 4.69) is 39.3 Å². The highest BCUT2D eigenvalue weighted by Gasteiger charge is 2.19. The highest BCUT2D eigenvalue weighted by atomic mass is 16.5. The minimum atomic E-state index is 0.224. The molecule has 0 aliphatic carbocycles. The Balaban J connectivity index is 1.96. The van der Waals surface area contributed by atoms with Gasteiger partial charge in [0.05, 0.1) is 12.7 Å². The van der Waals surface area contributed by atoms with Crippen LogP contribution in [0.15, 0.2) is 6.33 Å². The lowest BCUT2D eigenvalue weighted by atomic mass is 10.2. The van der Waals surface area contributed by atoms with Crippen molar-refractivity contribution < 1.29 is 4.74 Å². The smallest absolute Gasteiger partial charge is 0.134 e. The van der Waals surface area contributed by atoms with Gasteiger partial charge in [0.15, 0.2) is 0 Å². The lowest BCUT2D eigenvalue weighted by Crippen LogP contribution is -2.45. The largest absolute Gasteiger partial charge is 0.374 e. The van der Waals surface area contributed by atoms with Crippen molar-refractivity contribution in [2.45, 2.75) is 26.4 Å². The van der Waals surface area contributed by atoms with Gasteiger partial charge in [0.2, 0.25) is 0 Å². The third-order valence-electron chi connectivity index (χ3n) is 3.70. The van der Waals surface area contributed by atoms with Crippen molar-refractivity contribution in [1.82, 2.24) is 14.9 Å². The van der Waals surface area contributed by atoms with Crippen molar-refractivity contribution in [2.75, 3.05) is 50.5 Å². The van der Waals surface area contributed by atoms with E-state index in [0.717, 1.165) is 56.4 Å². The molecule has 0 spiro atoms. The SMILES string of the molecule is CCc1c(NC)ncnc1NCC1CN(CC)CCO1. The van der Waals surface area contributed by atoms with Crippen LogP contribution >= 0.6 is 0 Å². The number of morpholine rings is 1. The van der Waals surface area contributed by atoms with Crippen LogP contribution in [0.3, 0.4) is 0 Å². The Morgan fingerprint density at radius 2 is 2.15 bits per heavy atom. The van der Waals surface area contributed by atoms with Gasteiger partial charge in [0, 0.05) is 32.2 Å². The van der Waals surface area contributed by atoms with Crippen molar-refractivity contribution in [3.63, 3.8) is 0 Å². The molecule has 0 radical (unpaired) electrons. The first kappa shape index (κ1) is 15.0. The van der Waals surface area contributed by atoms with Crippen LogP contribution in [0.1, 0.15) is 19.4 Å². The average Bonchev–Trinajstić information content (AvgIpc) is 2.52. The quantitative estimate of drug-likeness (QED) is 0.816. The molecular formula is C14H25N5O. The second-order valence-electron chi connectivity index (χ2n) is 4.92. The predicted molar refractivity (Wildman–Crippen MR) is 81.3 cm³/mol. The van der Waals surface area contributed by atoms with E-state index < -0.39 is 0 Å². The normalized spacial score (nSPS) is 19.9. The van der Waals surface area contributed by atoms with Crippen LogP contribution in [-0.2, 0) is 11.2 Å². The summed E-state index contributed by atoms with van der Waals surface area (Å²) in [6.07, 6.45) is 2.71. The Morgan fingerprint density at radius 3 is 2.85 bits per heavy atom. The lowest BCUT2D eigenvalue weighted by Gasteiger charge is -2.32. The topological polar surface area (TPSA) is 62.3 Å². The summed E-state index contributed by atoms with van der Waals surface area (Å²) in [5.41, 5.74) is 1.12. The zero-order chi connectivity index (χ0) is 14.4. The fourth-order valence-electron chi connectivity index (χ4n) is 2.52. The average molecular weight is 279 g/mol. The van der Waals surface area contributed by atoms with Gasteiger partial charge in [-0.3, -0.25) is 4.90 Å². The second-order valence-corrected chi connectivity index (χ2v) is 4.92. The van der Waals surface area contributed by atoms with Gasteiger partial charge in [0.25, 0.3) is 0 Å². The van der Waals surface area contributed by atoms with Gasteiger partial charge in [-0.25, -0.2) is 9.97 Å². The molecule has 1 aromatic rings. The van der Waals surface area contributed by atoms with Crippen LogP contribution in [-0.4, -0.2) is 60.8 Å². The molecule has 2 rings (SSSR count). The molecular weight excluding hydrogens is 254 g/mol. The highest BCUT2D eigenvalue weighted by molar-refractivity contribution is 5.57. The van der Waals surface area contributed by atoms with Gasteiger partial charge in [-0.2, -0.15) is 0 Å². The summed E-state index contributed by atoms with van der Waals surface area (Å²) >= 11 is 0. The van der Waals surface area contributed by atoms with Gasteiger partial charge < -0.3 is 15.4 Å². The maximum atomic E-state index is 5.80. The first-order valence-electron chi connectivity index (χ1n) is 7.37. The molecule has 6 heteroatoms. The molecule has 0 amide bonds. The van der Waals surface area contributed by atoms with Gasteiger partial charge in [-0.1, -0.05) is 13.8 Å². The molecule has 112 valence electrons. The van der Waals surface area contributed by atoms with Crippen LogP contribution in [0.2, 0.25) is 0 Å². The zero-order valence-corrected chi connectivity index (χ0v) is 12.6. The fraction of sp³-hybridized carbons (Fsp3) is 0.714. The molecule has 6 nitrogen and oxygen atoms in total. The van der Waals surface area contributed by atoms with E-state index in [-0.39, 0.29) is 6.10 Å². The third kappa shape index (κ3) is 3.58. The molecule has 0 aromatic carbocycles. The minimum absolute atomic E-state index is 0.224. The third-order valence-corrected chi connectivity index (χ3v) is 3.70. The maximum absolute atomic E-state index is 5.80. The Hall–Kier alpha value is -1.40. The molecule has 2 N–H and O–H groups in total. The van der Waals surface area contributed by atoms with Crippen molar-refractivity contribution in [1.29, 1.82) is 0 Å². The second kappa shape index (κ2) is 7.40. The number of likely N-dealkylation sites (N-methyl/N-ethyl adjacent to an activating group) is 1. The summed E-state index contributed by atoms with van der Waals surface area (Å²) in [5.74, 6) is 1.80. The van der Waals surface area contributed by atoms with Crippen molar-refractivity contribution >= 4 is 11.6 Å². The van der Waals surface area contributed by atoms with Crippen molar-refractivity contribution in [3.05, 3.63) is 11.9 Å². The molecule has 1 atom stereocenters. The standard InChI is InChI=1S/C14H25N5O/c1-4-12-13(15-3)17-10-18-14(12)16-8-11-9-19(5-2)6-7-20-11/h10-11H,4-9H2,1-3H3,(H2,15,16,17,18). The summed E-state index contributed by atoms with van der Waals surface area (Å²) in [5, 5.41) is 6.52. The van der Waals surface area contributed by atoms with Gasteiger partial charge in [0.1, 0.15) is 18.0 Å². The van der Waals surface area contributed by atoms with Crippen LogP contribution in [0, 0.1) is 0 Å². The Kier molecular flexibility index (Phi) is 5.55. The molecule has 1 fully saturated rings. The number of hydrogen-bond donors (Lipinski definition) is 2. The van der Waals surface area contributed by atoms with E-state index in [9.17, 15) is 0 Å². The molecule has 1 unspecified atom stereocenters. The monoisotopic (exact) mass is 279 g/mol. The van der Waals surface area contributed by atoms with E-state index >= 15 is 0 Å². The van der Waals surface area contributed by atoms with E-state index in [1.54, 1.807) is 6.33 Å². The number of anilines is 2. The fourth-order valence-corrected chi connectivity index (χ4v) is 2.52. The van der Waals surface area contributed by atoms with E-state index in [0.29, 0.717) is 0 Å². The summed E-state index contributed by atoms with van der Waals surface area (Å²) in [6, 6.07) is 0. The summed E-state index contributed by atoms with van der Waals surface area (Å²) in [6.45, 7) is 8.99.